The third-order valence-electron chi connectivity index (χ3n) is 5.65. The number of likely N-dealkylation sites (tertiary alicyclic amines) is 1. The molecule has 0 aromatic heterocycles. The van der Waals surface area contributed by atoms with Crippen LogP contribution in [0.25, 0.3) is 0 Å². The van der Waals surface area contributed by atoms with Crippen molar-refractivity contribution >= 4 is 46.5 Å². The SMILES string of the molecule is Cc1cc(NC(=O)C2CCCN2C(=O)Nc2ccc(Cl)cc2)ccc1N1CCOCC1=O. The van der Waals surface area contributed by atoms with Crippen molar-refractivity contribution in [2.45, 2.75) is 25.8 Å². The van der Waals surface area contributed by atoms with Gasteiger partial charge in [0.25, 0.3) is 5.91 Å². The van der Waals surface area contributed by atoms with Crippen molar-refractivity contribution in [1.29, 1.82) is 0 Å². The normalized spacial score (nSPS) is 18.6. The number of hydrogen-bond donors (Lipinski definition) is 2. The van der Waals surface area contributed by atoms with E-state index in [1.165, 1.54) is 0 Å². The van der Waals surface area contributed by atoms with E-state index in [-0.39, 0.29) is 24.5 Å². The summed E-state index contributed by atoms with van der Waals surface area (Å²) in [5.74, 6) is -0.312. The van der Waals surface area contributed by atoms with Crippen molar-refractivity contribution in [3.8, 4) is 0 Å². The molecule has 2 N–H and O–H groups in total. The van der Waals surface area contributed by atoms with Gasteiger partial charge in [-0.1, -0.05) is 11.6 Å². The van der Waals surface area contributed by atoms with E-state index >= 15 is 0 Å². The van der Waals surface area contributed by atoms with E-state index in [1.54, 1.807) is 40.1 Å². The van der Waals surface area contributed by atoms with Crippen molar-refractivity contribution < 1.29 is 19.1 Å². The van der Waals surface area contributed by atoms with Gasteiger partial charge >= 0.3 is 6.03 Å². The van der Waals surface area contributed by atoms with Gasteiger partial charge in [0.05, 0.1) is 6.61 Å². The van der Waals surface area contributed by atoms with Crippen LogP contribution in [0.4, 0.5) is 21.9 Å². The number of halogens is 1. The number of anilines is 3. The summed E-state index contributed by atoms with van der Waals surface area (Å²) in [6.07, 6.45) is 1.35. The van der Waals surface area contributed by atoms with Crippen LogP contribution >= 0.6 is 11.6 Å². The Labute approximate surface area is 191 Å². The molecule has 0 spiro atoms. The Bertz CT molecular complexity index is 1030. The van der Waals surface area contributed by atoms with Gasteiger partial charge in [0, 0.05) is 35.2 Å². The largest absolute Gasteiger partial charge is 0.370 e. The highest BCUT2D eigenvalue weighted by Gasteiger charge is 2.34. The minimum atomic E-state index is -0.553. The van der Waals surface area contributed by atoms with Gasteiger partial charge < -0.3 is 25.2 Å². The molecule has 2 aliphatic heterocycles. The smallest absolute Gasteiger partial charge is 0.322 e. The lowest BCUT2D eigenvalue weighted by molar-refractivity contribution is -0.125. The first-order valence-electron chi connectivity index (χ1n) is 10.6. The van der Waals surface area contributed by atoms with Crippen molar-refractivity contribution in [1.82, 2.24) is 4.90 Å². The molecule has 1 unspecified atom stereocenters. The van der Waals surface area contributed by atoms with Crippen molar-refractivity contribution in [2.75, 3.05) is 41.8 Å². The van der Waals surface area contributed by atoms with Gasteiger partial charge in [-0.3, -0.25) is 9.59 Å². The third kappa shape index (κ3) is 4.87. The van der Waals surface area contributed by atoms with Crippen LogP contribution < -0.4 is 15.5 Å². The van der Waals surface area contributed by atoms with Gasteiger partial charge in [0.2, 0.25) is 5.91 Å². The van der Waals surface area contributed by atoms with Crippen LogP contribution in [0.5, 0.6) is 0 Å². The Hall–Kier alpha value is -3.10. The predicted octanol–water partition coefficient (Wildman–Crippen LogP) is 3.65. The molecule has 0 aliphatic carbocycles. The molecule has 168 valence electrons. The number of ether oxygens (including phenoxy) is 1. The first kappa shape index (κ1) is 22.1. The summed E-state index contributed by atoms with van der Waals surface area (Å²) in [6.45, 7) is 3.49. The number of carbonyl (C=O) groups excluding carboxylic acids is 3. The minimum Gasteiger partial charge on any atom is -0.370 e. The molecule has 2 aliphatic rings. The molecule has 9 heteroatoms. The lowest BCUT2D eigenvalue weighted by atomic mass is 10.1. The quantitative estimate of drug-likeness (QED) is 0.734. The Morgan fingerprint density at radius 2 is 1.81 bits per heavy atom. The number of aryl methyl sites for hydroxylation is 1. The monoisotopic (exact) mass is 456 g/mol. The van der Waals surface area contributed by atoms with Gasteiger partial charge in [-0.05, 0) is 67.8 Å². The molecule has 2 saturated heterocycles. The molecule has 2 fully saturated rings. The van der Waals surface area contributed by atoms with Gasteiger partial charge in [-0.2, -0.15) is 0 Å². The second-order valence-electron chi connectivity index (χ2n) is 7.88. The maximum absolute atomic E-state index is 12.9. The minimum absolute atomic E-state index is 0.0769. The van der Waals surface area contributed by atoms with Crippen LogP contribution in [0, 0.1) is 6.92 Å². The average Bonchev–Trinajstić information content (AvgIpc) is 3.27. The number of urea groups is 1. The van der Waals surface area contributed by atoms with Crippen LogP contribution in [-0.2, 0) is 14.3 Å². The summed E-state index contributed by atoms with van der Waals surface area (Å²) < 4.78 is 5.19. The number of benzene rings is 2. The van der Waals surface area contributed by atoms with Gasteiger partial charge in [-0.15, -0.1) is 0 Å². The molecule has 0 saturated carbocycles. The van der Waals surface area contributed by atoms with Crippen molar-refractivity contribution in [3.63, 3.8) is 0 Å². The van der Waals surface area contributed by atoms with E-state index < -0.39 is 6.04 Å². The second-order valence-corrected chi connectivity index (χ2v) is 8.31. The maximum atomic E-state index is 12.9. The molecule has 8 nitrogen and oxygen atoms in total. The highest BCUT2D eigenvalue weighted by atomic mass is 35.5. The van der Waals surface area contributed by atoms with Crippen LogP contribution in [0.3, 0.4) is 0 Å². The molecule has 32 heavy (non-hydrogen) atoms. The fourth-order valence-corrected chi connectivity index (χ4v) is 4.17. The number of nitrogens with zero attached hydrogens (tertiary/aromatic N) is 2. The lowest BCUT2D eigenvalue weighted by Gasteiger charge is -2.28. The zero-order chi connectivity index (χ0) is 22.7. The average molecular weight is 457 g/mol. The van der Waals surface area contributed by atoms with Crippen LogP contribution in [-0.4, -0.2) is 55.1 Å². The highest BCUT2D eigenvalue weighted by Crippen LogP contribution is 2.26. The van der Waals surface area contributed by atoms with E-state index in [2.05, 4.69) is 10.6 Å². The van der Waals surface area contributed by atoms with E-state index in [0.29, 0.717) is 42.5 Å². The first-order valence-corrected chi connectivity index (χ1v) is 10.9. The van der Waals surface area contributed by atoms with E-state index in [4.69, 9.17) is 16.3 Å². The van der Waals surface area contributed by atoms with Crippen LogP contribution in [0.15, 0.2) is 42.5 Å². The molecule has 0 bridgehead atoms. The molecule has 0 radical (unpaired) electrons. The van der Waals surface area contributed by atoms with Crippen LogP contribution in [0.1, 0.15) is 18.4 Å². The molecular weight excluding hydrogens is 432 g/mol. The van der Waals surface area contributed by atoms with Gasteiger partial charge in [0.1, 0.15) is 12.6 Å². The summed E-state index contributed by atoms with van der Waals surface area (Å²) in [4.78, 5) is 41.0. The standard InChI is InChI=1S/C23H25ClN4O4/c1-15-13-18(8-9-19(15)27-11-12-32-14-21(27)29)25-22(30)20-3-2-10-28(20)23(31)26-17-6-4-16(24)5-7-17/h4-9,13,20H,2-3,10-12,14H2,1H3,(H,25,30)(H,26,31). The number of carbonyl (C=O) groups is 3. The lowest BCUT2D eigenvalue weighted by Crippen LogP contribution is -2.45. The topological polar surface area (TPSA) is 91.0 Å². The molecule has 4 rings (SSSR count). The van der Waals surface area contributed by atoms with E-state index in [1.807, 2.05) is 19.1 Å². The number of rotatable bonds is 4. The molecule has 4 amide bonds. The first-order chi connectivity index (χ1) is 15.4. The fraction of sp³-hybridized carbons (Fsp3) is 0.348. The predicted molar refractivity (Wildman–Crippen MR) is 123 cm³/mol. The Kier molecular flexibility index (Phi) is 6.62. The zero-order valence-corrected chi connectivity index (χ0v) is 18.5. The van der Waals surface area contributed by atoms with Gasteiger partial charge in [-0.25, -0.2) is 4.79 Å². The van der Waals surface area contributed by atoms with Crippen molar-refractivity contribution in [3.05, 3.63) is 53.1 Å². The number of morpholine rings is 1. The zero-order valence-electron chi connectivity index (χ0n) is 17.8. The summed E-state index contributed by atoms with van der Waals surface area (Å²) in [7, 11) is 0. The Morgan fingerprint density at radius 1 is 1.06 bits per heavy atom. The summed E-state index contributed by atoms with van der Waals surface area (Å²) in [5, 5.41) is 6.32. The molecule has 2 aromatic rings. The molecular formula is C23H25ClN4O4. The Morgan fingerprint density at radius 3 is 2.53 bits per heavy atom. The van der Waals surface area contributed by atoms with Crippen LogP contribution in [0.2, 0.25) is 5.02 Å². The Balaban J connectivity index is 1.41. The van der Waals surface area contributed by atoms with Crippen molar-refractivity contribution in [2.24, 2.45) is 0 Å². The second kappa shape index (κ2) is 9.58. The number of hydrogen-bond acceptors (Lipinski definition) is 4. The molecule has 2 aromatic carbocycles. The third-order valence-corrected chi connectivity index (χ3v) is 5.90. The summed E-state index contributed by atoms with van der Waals surface area (Å²) in [6, 6.07) is 11.4. The fourth-order valence-electron chi connectivity index (χ4n) is 4.05. The molecule has 1 atom stereocenters. The maximum Gasteiger partial charge on any atom is 0.322 e. The summed E-state index contributed by atoms with van der Waals surface area (Å²) >= 11 is 5.89. The summed E-state index contributed by atoms with van der Waals surface area (Å²) in [5.41, 5.74) is 2.93. The number of amides is 4. The van der Waals surface area contributed by atoms with E-state index in [9.17, 15) is 14.4 Å². The number of nitrogens with one attached hydrogen (secondary N) is 2. The molecule has 2 heterocycles. The van der Waals surface area contributed by atoms with E-state index in [0.717, 1.165) is 17.7 Å². The highest BCUT2D eigenvalue weighted by molar-refractivity contribution is 6.30. The van der Waals surface area contributed by atoms with Gasteiger partial charge in [0.15, 0.2) is 0 Å².